The summed E-state index contributed by atoms with van der Waals surface area (Å²) >= 11 is 0. The smallest absolute Gasteiger partial charge is 0.244 e. The van der Waals surface area contributed by atoms with Crippen molar-refractivity contribution in [1.82, 2.24) is 9.55 Å². The molecule has 27 heavy (non-hydrogen) atoms. The average molecular weight is 356 g/mol. The fourth-order valence-electron chi connectivity index (χ4n) is 3.01. The minimum atomic E-state index is -0.0906. The minimum Gasteiger partial charge on any atom is -0.352 e. The number of amides is 1. The fraction of sp³-hybridized carbons (Fsp3) is 0.0909. The zero-order chi connectivity index (χ0) is 18.5. The number of hydrogen-bond donors (Lipinski definition) is 2. The van der Waals surface area contributed by atoms with E-state index < -0.39 is 0 Å². The van der Waals surface area contributed by atoms with Crippen LogP contribution in [0.5, 0.6) is 0 Å². The van der Waals surface area contributed by atoms with Crippen molar-refractivity contribution in [2.75, 3.05) is 10.6 Å². The number of hydrogen-bond acceptors (Lipinski definition) is 3. The molecule has 3 aromatic carbocycles. The molecule has 0 radical (unpaired) electrons. The lowest BCUT2D eigenvalue weighted by molar-refractivity contribution is -0.116. The summed E-state index contributed by atoms with van der Waals surface area (Å²) < 4.78 is 1.91. The summed E-state index contributed by atoms with van der Waals surface area (Å²) in [4.78, 5) is 17.2. The molecule has 0 unspecified atom stereocenters. The van der Waals surface area contributed by atoms with Crippen LogP contribution < -0.4 is 10.6 Å². The van der Waals surface area contributed by atoms with Crippen LogP contribution in [0.4, 0.5) is 11.6 Å². The van der Waals surface area contributed by atoms with Crippen LogP contribution in [0.25, 0.3) is 11.0 Å². The molecule has 4 rings (SSSR count). The van der Waals surface area contributed by atoms with Crippen molar-refractivity contribution in [3.05, 3.63) is 90.5 Å². The highest BCUT2D eigenvalue weighted by molar-refractivity contribution is 5.92. The third-order valence-corrected chi connectivity index (χ3v) is 4.31. The van der Waals surface area contributed by atoms with E-state index >= 15 is 0 Å². The molecule has 2 N–H and O–H groups in total. The van der Waals surface area contributed by atoms with Gasteiger partial charge in [0, 0.05) is 12.2 Å². The van der Waals surface area contributed by atoms with Gasteiger partial charge in [-0.25, -0.2) is 4.98 Å². The van der Waals surface area contributed by atoms with E-state index in [9.17, 15) is 4.79 Å². The summed E-state index contributed by atoms with van der Waals surface area (Å²) in [5, 5.41) is 6.29. The molecular formula is C22H20N4O. The Hall–Kier alpha value is -3.60. The Morgan fingerprint density at radius 2 is 1.52 bits per heavy atom. The van der Waals surface area contributed by atoms with Crippen LogP contribution in [0.1, 0.15) is 5.56 Å². The monoisotopic (exact) mass is 356 g/mol. The summed E-state index contributed by atoms with van der Waals surface area (Å²) in [6.07, 6.45) is 0. The number of nitrogens with one attached hydrogen (secondary N) is 2. The van der Waals surface area contributed by atoms with Crippen LogP contribution in [0.15, 0.2) is 84.9 Å². The van der Waals surface area contributed by atoms with Gasteiger partial charge in [0.1, 0.15) is 6.54 Å². The predicted octanol–water partition coefficient (Wildman–Crippen LogP) is 4.29. The molecule has 5 heteroatoms. The van der Waals surface area contributed by atoms with E-state index in [1.54, 1.807) is 0 Å². The Labute approximate surface area is 157 Å². The van der Waals surface area contributed by atoms with Crippen LogP contribution in [0.2, 0.25) is 0 Å². The molecule has 0 atom stereocenters. The van der Waals surface area contributed by atoms with Crippen LogP contribution in [-0.4, -0.2) is 15.5 Å². The maximum Gasteiger partial charge on any atom is 0.244 e. The van der Waals surface area contributed by atoms with Crippen LogP contribution >= 0.6 is 0 Å². The molecule has 0 fully saturated rings. The van der Waals surface area contributed by atoms with Crippen molar-refractivity contribution in [2.45, 2.75) is 13.1 Å². The third kappa shape index (κ3) is 3.98. The summed E-state index contributed by atoms with van der Waals surface area (Å²) in [6.45, 7) is 0.830. The second-order valence-corrected chi connectivity index (χ2v) is 6.26. The van der Waals surface area contributed by atoms with E-state index in [0.29, 0.717) is 12.5 Å². The number of rotatable bonds is 6. The van der Waals surface area contributed by atoms with Crippen molar-refractivity contribution in [3.8, 4) is 0 Å². The van der Waals surface area contributed by atoms with Gasteiger partial charge in [-0.1, -0.05) is 60.7 Å². The largest absolute Gasteiger partial charge is 0.352 e. The lowest BCUT2D eigenvalue weighted by atomic mass is 10.2. The van der Waals surface area contributed by atoms with Crippen molar-refractivity contribution < 1.29 is 4.79 Å². The highest BCUT2D eigenvalue weighted by atomic mass is 16.1. The molecule has 0 aliphatic carbocycles. The molecular weight excluding hydrogens is 336 g/mol. The van der Waals surface area contributed by atoms with E-state index in [4.69, 9.17) is 0 Å². The quantitative estimate of drug-likeness (QED) is 0.542. The zero-order valence-corrected chi connectivity index (χ0v) is 14.8. The number of para-hydroxylation sites is 3. The van der Waals surface area contributed by atoms with Gasteiger partial charge in [-0.15, -0.1) is 0 Å². The first-order valence-corrected chi connectivity index (χ1v) is 8.87. The molecule has 0 aliphatic heterocycles. The SMILES string of the molecule is O=C(Cn1c(NCc2ccccc2)nc2ccccc21)Nc1ccccc1. The second-order valence-electron chi connectivity index (χ2n) is 6.26. The summed E-state index contributed by atoms with van der Waals surface area (Å²) in [5.74, 6) is 0.593. The van der Waals surface area contributed by atoms with E-state index in [2.05, 4.69) is 27.8 Å². The van der Waals surface area contributed by atoms with E-state index in [1.165, 1.54) is 0 Å². The highest BCUT2D eigenvalue weighted by Crippen LogP contribution is 2.20. The number of anilines is 2. The van der Waals surface area contributed by atoms with Gasteiger partial charge >= 0.3 is 0 Å². The van der Waals surface area contributed by atoms with Crippen LogP contribution in [0, 0.1) is 0 Å². The van der Waals surface area contributed by atoms with Gasteiger partial charge in [-0.05, 0) is 29.8 Å². The van der Waals surface area contributed by atoms with Crippen LogP contribution in [0.3, 0.4) is 0 Å². The first kappa shape index (κ1) is 16.8. The molecule has 4 aromatic rings. The Morgan fingerprint density at radius 1 is 0.852 bits per heavy atom. The first-order chi connectivity index (χ1) is 13.3. The molecule has 1 heterocycles. The highest BCUT2D eigenvalue weighted by Gasteiger charge is 2.13. The zero-order valence-electron chi connectivity index (χ0n) is 14.8. The lowest BCUT2D eigenvalue weighted by Gasteiger charge is -2.11. The molecule has 0 saturated carbocycles. The number of fused-ring (bicyclic) bond motifs is 1. The number of carbonyl (C=O) groups excluding carboxylic acids is 1. The second kappa shape index (κ2) is 7.74. The average Bonchev–Trinajstić information content (AvgIpc) is 3.05. The lowest BCUT2D eigenvalue weighted by Crippen LogP contribution is -2.20. The first-order valence-electron chi connectivity index (χ1n) is 8.87. The normalized spacial score (nSPS) is 10.7. The number of imidazole rings is 1. The maximum absolute atomic E-state index is 12.6. The Morgan fingerprint density at radius 3 is 2.30 bits per heavy atom. The topological polar surface area (TPSA) is 59.0 Å². The van der Waals surface area contributed by atoms with E-state index in [0.717, 1.165) is 22.3 Å². The Kier molecular flexibility index (Phi) is 4.83. The van der Waals surface area contributed by atoms with Crippen molar-refractivity contribution >= 4 is 28.6 Å². The third-order valence-electron chi connectivity index (χ3n) is 4.31. The van der Waals surface area contributed by atoms with E-state index in [1.807, 2.05) is 77.4 Å². The maximum atomic E-state index is 12.6. The van der Waals surface area contributed by atoms with Gasteiger partial charge in [0.25, 0.3) is 0 Å². The van der Waals surface area contributed by atoms with Gasteiger partial charge in [-0.3, -0.25) is 4.79 Å². The minimum absolute atomic E-state index is 0.0906. The molecule has 5 nitrogen and oxygen atoms in total. The van der Waals surface area contributed by atoms with Gasteiger partial charge in [-0.2, -0.15) is 0 Å². The summed E-state index contributed by atoms with van der Waals surface area (Å²) in [5.41, 5.74) is 3.73. The Bertz CT molecular complexity index is 1040. The van der Waals surface area contributed by atoms with Gasteiger partial charge in [0.05, 0.1) is 11.0 Å². The number of nitrogens with zero attached hydrogens (tertiary/aromatic N) is 2. The molecule has 0 bridgehead atoms. The summed E-state index contributed by atoms with van der Waals surface area (Å²) in [7, 11) is 0. The van der Waals surface area contributed by atoms with Crippen LogP contribution in [-0.2, 0) is 17.9 Å². The number of benzene rings is 3. The Balaban J connectivity index is 1.57. The molecule has 1 aromatic heterocycles. The standard InChI is InChI=1S/C22H20N4O/c27-21(24-18-11-5-2-6-12-18)16-26-20-14-8-7-13-19(20)25-22(26)23-15-17-9-3-1-4-10-17/h1-14H,15-16H2,(H,23,25)(H,24,27). The summed E-state index contributed by atoms with van der Waals surface area (Å²) in [6, 6.07) is 27.4. The number of carbonyl (C=O) groups is 1. The fourth-order valence-corrected chi connectivity index (χ4v) is 3.01. The van der Waals surface area contributed by atoms with Gasteiger partial charge in [0.2, 0.25) is 11.9 Å². The molecule has 134 valence electrons. The number of aromatic nitrogens is 2. The van der Waals surface area contributed by atoms with Gasteiger partial charge in [0.15, 0.2) is 0 Å². The molecule has 0 spiro atoms. The van der Waals surface area contributed by atoms with E-state index in [-0.39, 0.29) is 12.5 Å². The van der Waals surface area contributed by atoms with Gasteiger partial charge < -0.3 is 15.2 Å². The van der Waals surface area contributed by atoms with Crippen molar-refractivity contribution in [1.29, 1.82) is 0 Å². The molecule has 1 amide bonds. The van der Waals surface area contributed by atoms with Crippen molar-refractivity contribution in [2.24, 2.45) is 0 Å². The molecule has 0 saturated heterocycles. The predicted molar refractivity (Wildman–Crippen MR) is 109 cm³/mol. The molecule has 0 aliphatic rings. The van der Waals surface area contributed by atoms with Crippen molar-refractivity contribution in [3.63, 3.8) is 0 Å².